The second-order valence-electron chi connectivity index (χ2n) is 3.23. The number of hydrogen-bond acceptors (Lipinski definition) is 3. The number of rotatable bonds is 1. The van der Waals surface area contributed by atoms with Crippen LogP contribution in [0.15, 0.2) is 6.20 Å². The summed E-state index contributed by atoms with van der Waals surface area (Å²) >= 11 is 0. The van der Waals surface area contributed by atoms with Crippen LogP contribution in [0.2, 0.25) is 0 Å². The fourth-order valence-corrected chi connectivity index (χ4v) is 1.62. The van der Waals surface area contributed by atoms with Gasteiger partial charge in [-0.25, -0.2) is 9.78 Å². The molecule has 5 heteroatoms. The molecule has 0 aliphatic carbocycles. The number of nitrogens with zero attached hydrogens (tertiary/aromatic N) is 2. The number of aromatic carboxylic acids is 1. The molecule has 1 atom stereocenters. The maximum Gasteiger partial charge on any atom is 0.356 e. The molecule has 2 heterocycles. The summed E-state index contributed by atoms with van der Waals surface area (Å²) in [6.45, 7) is 0.823. The quantitative estimate of drug-likeness (QED) is 0.656. The Labute approximate surface area is 75.2 Å². The SMILES string of the molecule is NC1CCCn2cc(C(=O)O)nc21. The van der Waals surface area contributed by atoms with Crippen LogP contribution in [0.25, 0.3) is 0 Å². The first-order chi connectivity index (χ1) is 6.18. The van der Waals surface area contributed by atoms with E-state index in [1.54, 1.807) is 6.20 Å². The summed E-state index contributed by atoms with van der Waals surface area (Å²) in [6, 6.07) is -0.109. The van der Waals surface area contributed by atoms with Crippen molar-refractivity contribution in [3.8, 4) is 0 Å². The van der Waals surface area contributed by atoms with Gasteiger partial charge in [0.25, 0.3) is 0 Å². The van der Waals surface area contributed by atoms with Gasteiger partial charge in [0.2, 0.25) is 0 Å². The van der Waals surface area contributed by atoms with E-state index in [-0.39, 0.29) is 11.7 Å². The molecular formula is C8H11N3O2. The Hall–Kier alpha value is -1.36. The van der Waals surface area contributed by atoms with E-state index in [1.165, 1.54) is 0 Å². The van der Waals surface area contributed by atoms with Gasteiger partial charge in [0.1, 0.15) is 5.82 Å². The van der Waals surface area contributed by atoms with E-state index in [0.717, 1.165) is 19.4 Å². The van der Waals surface area contributed by atoms with Crippen LogP contribution in [0, 0.1) is 0 Å². The third kappa shape index (κ3) is 1.31. The van der Waals surface area contributed by atoms with Crippen molar-refractivity contribution in [3.05, 3.63) is 17.7 Å². The van der Waals surface area contributed by atoms with Gasteiger partial charge < -0.3 is 15.4 Å². The van der Waals surface area contributed by atoms with E-state index in [1.807, 2.05) is 4.57 Å². The fourth-order valence-electron chi connectivity index (χ4n) is 1.62. The summed E-state index contributed by atoms with van der Waals surface area (Å²) in [4.78, 5) is 14.6. The molecule has 1 unspecified atom stereocenters. The van der Waals surface area contributed by atoms with E-state index in [4.69, 9.17) is 10.8 Å². The first-order valence-corrected chi connectivity index (χ1v) is 4.24. The number of aromatic nitrogens is 2. The lowest BCUT2D eigenvalue weighted by Crippen LogP contribution is -2.21. The van der Waals surface area contributed by atoms with Gasteiger partial charge in [-0.15, -0.1) is 0 Å². The average molecular weight is 181 g/mol. The standard InChI is InChI=1S/C8H11N3O2/c9-5-2-1-3-11-4-6(8(12)13)10-7(5)11/h4-5H,1-3,9H2,(H,12,13). The predicted molar refractivity (Wildman–Crippen MR) is 45.3 cm³/mol. The highest BCUT2D eigenvalue weighted by atomic mass is 16.4. The summed E-state index contributed by atoms with van der Waals surface area (Å²) in [5.74, 6) is -0.294. The van der Waals surface area contributed by atoms with E-state index in [9.17, 15) is 4.79 Å². The van der Waals surface area contributed by atoms with Crippen LogP contribution in [0.4, 0.5) is 0 Å². The predicted octanol–water partition coefficient (Wildman–Crippen LogP) is 0.375. The minimum Gasteiger partial charge on any atom is -0.476 e. The van der Waals surface area contributed by atoms with E-state index >= 15 is 0 Å². The molecule has 0 fully saturated rings. The van der Waals surface area contributed by atoms with E-state index in [0.29, 0.717) is 5.82 Å². The maximum atomic E-state index is 10.6. The summed E-state index contributed by atoms with van der Waals surface area (Å²) in [5.41, 5.74) is 5.87. The third-order valence-corrected chi connectivity index (χ3v) is 2.27. The average Bonchev–Trinajstić information content (AvgIpc) is 2.49. The van der Waals surface area contributed by atoms with Gasteiger partial charge in [-0.3, -0.25) is 0 Å². The number of aryl methyl sites for hydroxylation is 1. The number of carboxylic acids is 1. The van der Waals surface area contributed by atoms with Gasteiger partial charge >= 0.3 is 5.97 Å². The molecule has 0 saturated carbocycles. The lowest BCUT2D eigenvalue weighted by molar-refractivity contribution is 0.0691. The Morgan fingerprint density at radius 1 is 1.77 bits per heavy atom. The number of fused-ring (bicyclic) bond motifs is 1. The molecule has 5 nitrogen and oxygen atoms in total. The smallest absolute Gasteiger partial charge is 0.356 e. The molecule has 1 aromatic rings. The number of carbonyl (C=O) groups is 1. The number of nitrogens with two attached hydrogens (primary N) is 1. The third-order valence-electron chi connectivity index (χ3n) is 2.27. The van der Waals surface area contributed by atoms with Gasteiger partial charge in [-0.05, 0) is 12.8 Å². The van der Waals surface area contributed by atoms with Gasteiger partial charge in [0.15, 0.2) is 5.69 Å². The molecule has 0 spiro atoms. The topological polar surface area (TPSA) is 81.1 Å². The second kappa shape index (κ2) is 2.85. The molecule has 0 radical (unpaired) electrons. The van der Waals surface area contributed by atoms with Crippen molar-refractivity contribution >= 4 is 5.97 Å². The first-order valence-electron chi connectivity index (χ1n) is 4.24. The zero-order chi connectivity index (χ0) is 9.42. The second-order valence-corrected chi connectivity index (χ2v) is 3.23. The lowest BCUT2D eigenvalue weighted by atomic mass is 10.1. The Morgan fingerprint density at radius 3 is 3.15 bits per heavy atom. The molecule has 1 aliphatic heterocycles. The Balaban J connectivity index is 2.42. The van der Waals surface area contributed by atoms with Crippen molar-refractivity contribution in [2.24, 2.45) is 5.73 Å². The summed E-state index contributed by atoms with van der Waals surface area (Å²) < 4.78 is 1.83. The monoisotopic (exact) mass is 181 g/mol. The molecule has 0 aromatic carbocycles. The van der Waals surface area contributed by atoms with Crippen LogP contribution in [-0.4, -0.2) is 20.6 Å². The van der Waals surface area contributed by atoms with E-state index in [2.05, 4.69) is 4.98 Å². The molecule has 0 saturated heterocycles. The first kappa shape index (κ1) is 8.25. The van der Waals surface area contributed by atoms with E-state index < -0.39 is 5.97 Å². The van der Waals surface area contributed by atoms with Crippen molar-refractivity contribution in [2.45, 2.75) is 25.4 Å². The van der Waals surface area contributed by atoms with Crippen LogP contribution < -0.4 is 5.73 Å². The minimum absolute atomic E-state index is 0.0901. The van der Waals surface area contributed by atoms with Crippen molar-refractivity contribution in [1.82, 2.24) is 9.55 Å². The van der Waals surface area contributed by atoms with Gasteiger partial charge in [0.05, 0.1) is 6.04 Å². The highest BCUT2D eigenvalue weighted by Gasteiger charge is 2.21. The zero-order valence-corrected chi connectivity index (χ0v) is 7.10. The van der Waals surface area contributed by atoms with Crippen molar-refractivity contribution in [3.63, 3.8) is 0 Å². The van der Waals surface area contributed by atoms with Crippen molar-refractivity contribution in [1.29, 1.82) is 0 Å². The van der Waals surface area contributed by atoms with Crippen LogP contribution >= 0.6 is 0 Å². The van der Waals surface area contributed by atoms with Gasteiger partial charge in [-0.1, -0.05) is 0 Å². The van der Waals surface area contributed by atoms with Crippen LogP contribution in [-0.2, 0) is 6.54 Å². The highest BCUT2D eigenvalue weighted by Crippen LogP contribution is 2.21. The molecule has 3 N–H and O–H groups in total. The summed E-state index contributed by atoms with van der Waals surface area (Å²) in [7, 11) is 0. The molecule has 2 rings (SSSR count). The minimum atomic E-state index is -0.992. The van der Waals surface area contributed by atoms with Crippen molar-refractivity contribution in [2.75, 3.05) is 0 Å². The van der Waals surface area contributed by atoms with Gasteiger partial charge in [-0.2, -0.15) is 0 Å². The fraction of sp³-hybridized carbons (Fsp3) is 0.500. The van der Waals surface area contributed by atoms with Crippen LogP contribution in [0.3, 0.4) is 0 Å². The summed E-state index contributed by atoms with van der Waals surface area (Å²) in [6.07, 6.45) is 3.43. The Bertz CT molecular complexity index is 345. The van der Waals surface area contributed by atoms with Crippen LogP contribution in [0.5, 0.6) is 0 Å². The number of hydrogen-bond donors (Lipinski definition) is 2. The summed E-state index contributed by atoms with van der Waals surface area (Å²) in [5, 5.41) is 8.70. The molecular weight excluding hydrogens is 170 g/mol. The number of carboxylic acid groups (broad SMARTS) is 1. The molecule has 1 aromatic heterocycles. The molecule has 0 bridgehead atoms. The maximum absolute atomic E-state index is 10.6. The zero-order valence-electron chi connectivity index (χ0n) is 7.10. The Kier molecular flexibility index (Phi) is 1.81. The molecule has 13 heavy (non-hydrogen) atoms. The normalized spacial score (nSPS) is 21.2. The Morgan fingerprint density at radius 2 is 2.54 bits per heavy atom. The van der Waals surface area contributed by atoms with Crippen LogP contribution in [0.1, 0.15) is 35.2 Å². The largest absolute Gasteiger partial charge is 0.476 e. The molecule has 1 aliphatic rings. The lowest BCUT2D eigenvalue weighted by Gasteiger charge is -2.19. The molecule has 0 amide bonds. The van der Waals surface area contributed by atoms with Crippen molar-refractivity contribution < 1.29 is 9.90 Å². The molecule has 70 valence electrons. The van der Waals surface area contributed by atoms with Gasteiger partial charge in [0, 0.05) is 12.7 Å². The highest BCUT2D eigenvalue weighted by molar-refractivity contribution is 5.85. The number of imidazole rings is 1.